The number of hydrogen-bond donors (Lipinski definition) is 0. The number of nitro benzene ring substituents is 1. The molecule has 0 fully saturated rings. The molecule has 2 aromatic rings. The SMILES string of the molecule is C[Si](C)(C)C1=c2cc([N+](=O)[O-])ccc2=C=C2c3ccccc3C(=O)C21. The van der Waals surface area contributed by atoms with E-state index in [0.29, 0.717) is 0 Å². The van der Waals surface area contributed by atoms with Crippen LogP contribution in [0.5, 0.6) is 0 Å². The number of Topliss-reactive ketones (excluding diaryl/α,β-unsaturated/α-hetero) is 1. The summed E-state index contributed by atoms with van der Waals surface area (Å²) in [6, 6.07) is 12.5. The number of ketones is 1. The minimum atomic E-state index is -1.92. The van der Waals surface area contributed by atoms with Crippen LogP contribution in [0, 0.1) is 16.0 Å². The number of nitro groups is 1. The fraction of sp³-hybridized carbons (Fsp3) is 0.200. The normalized spacial score (nSPS) is 18.0. The second-order valence-corrected chi connectivity index (χ2v) is 12.6. The molecule has 0 aliphatic heterocycles. The maximum absolute atomic E-state index is 13.1. The summed E-state index contributed by atoms with van der Waals surface area (Å²) in [7, 11) is -1.92. The summed E-state index contributed by atoms with van der Waals surface area (Å²) in [4.78, 5) is 24.0. The summed E-state index contributed by atoms with van der Waals surface area (Å²) in [5.74, 6) is -0.258. The number of benzene rings is 2. The molecule has 0 bridgehead atoms. The zero-order chi connectivity index (χ0) is 17.9. The van der Waals surface area contributed by atoms with E-state index in [0.717, 1.165) is 32.3 Å². The summed E-state index contributed by atoms with van der Waals surface area (Å²) in [6.45, 7) is 6.55. The van der Waals surface area contributed by atoms with E-state index < -0.39 is 8.07 Å². The third-order valence-electron chi connectivity index (χ3n) is 4.90. The van der Waals surface area contributed by atoms with Crippen LogP contribution in [0.4, 0.5) is 5.69 Å². The molecule has 2 aliphatic carbocycles. The molecule has 4 nitrogen and oxygen atoms in total. The summed E-state index contributed by atoms with van der Waals surface area (Å²) >= 11 is 0. The maximum Gasteiger partial charge on any atom is 0.270 e. The second kappa shape index (κ2) is 5.12. The topological polar surface area (TPSA) is 60.2 Å². The van der Waals surface area contributed by atoms with Gasteiger partial charge in [-0.25, -0.2) is 0 Å². The van der Waals surface area contributed by atoms with Crippen LogP contribution in [0.2, 0.25) is 19.6 Å². The summed E-state index contributed by atoms with van der Waals surface area (Å²) in [6.07, 6.45) is 0. The highest BCUT2D eigenvalue weighted by Crippen LogP contribution is 2.44. The van der Waals surface area contributed by atoms with Crippen LogP contribution < -0.4 is 10.4 Å². The third kappa shape index (κ3) is 2.24. The molecule has 0 radical (unpaired) electrons. The number of nitrogens with zero attached hydrogens (tertiary/aromatic N) is 1. The molecule has 0 aromatic heterocycles. The third-order valence-corrected chi connectivity index (χ3v) is 7.08. The Morgan fingerprint density at radius 2 is 1.76 bits per heavy atom. The zero-order valence-electron chi connectivity index (χ0n) is 14.3. The average molecular weight is 347 g/mol. The van der Waals surface area contributed by atoms with Gasteiger partial charge in [-0.2, -0.15) is 0 Å². The highest BCUT2D eigenvalue weighted by molar-refractivity contribution is 6.93. The van der Waals surface area contributed by atoms with Crippen molar-refractivity contribution in [2.45, 2.75) is 19.6 Å². The van der Waals surface area contributed by atoms with Gasteiger partial charge in [-0.15, -0.1) is 5.73 Å². The Morgan fingerprint density at radius 1 is 1.08 bits per heavy atom. The molecule has 124 valence electrons. The number of carbonyl (C=O) groups excluding carboxylic acids is 1. The van der Waals surface area contributed by atoms with Crippen LogP contribution in [0.15, 0.2) is 42.5 Å². The van der Waals surface area contributed by atoms with Crippen LogP contribution in [-0.4, -0.2) is 18.8 Å². The molecule has 0 heterocycles. The van der Waals surface area contributed by atoms with Gasteiger partial charge in [0.1, 0.15) is 0 Å². The predicted octanol–water partition coefficient (Wildman–Crippen LogP) is 2.91. The molecular formula is C20H17NO3Si. The van der Waals surface area contributed by atoms with Crippen molar-refractivity contribution >= 4 is 36.0 Å². The van der Waals surface area contributed by atoms with E-state index in [4.69, 9.17) is 0 Å². The smallest absolute Gasteiger partial charge is 0.270 e. The molecule has 2 aromatic carbocycles. The molecule has 5 heteroatoms. The molecule has 25 heavy (non-hydrogen) atoms. The van der Waals surface area contributed by atoms with Crippen molar-refractivity contribution in [1.82, 2.24) is 0 Å². The lowest BCUT2D eigenvalue weighted by molar-refractivity contribution is -0.385. The first-order valence-electron chi connectivity index (χ1n) is 8.22. The molecule has 0 N–H and O–H groups in total. The molecule has 0 amide bonds. The summed E-state index contributed by atoms with van der Waals surface area (Å²) < 4.78 is 0. The Kier molecular flexibility index (Phi) is 3.23. The summed E-state index contributed by atoms with van der Waals surface area (Å²) in [5.41, 5.74) is 6.03. The van der Waals surface area contributed by atoms with Gasteiger partial charge < -0.3 is 0 Å². The van der Waals surface area contributed by atoms with Crippen LogP contribution in [-0.2, 0) is 0 Å². The van der Waals surface area contributed by atoms with Crippen molar-refractivity contribution in [1.29, 1.82) is 0 Å². The van der Waals surface area contributed by atoms with Gasteiger partial charge in [0, 0.05) is 28.5 Å². The van der Waals surface area contributed by atoms with Gasteiger partial charge in [0.25, 0.3) is 5.69 Å². The lowest BCUT2D eigenvalue weighted by Gasteiger charge is -2.28. The Bertz CT molecular complexity index is 1120. The van der Waals surface area contributed by atoms with Gasteiger partial charge >= 0.3 is 0 Å². The fourth-order valence-electron chi connectivity index (χ4n) is 3.91. The first-order chi connectivity index (χ1) is 11.8. The molecule has 1 unspecified atom stereocenters. The number of carbonyl (C=O) groups is 1. The second-order valence-electron chi connectivity index (χ2n) is 7.53. The quantitative estimate of drug-likeness (QED) is 0.477. The fourth-order valence-corrected chi connectivity index (χ4v) is 6.06. The first kappa shape index (κ1) is 15.8. The molecular weight excluding hydrogens is 330 g/mol. The van der Waals surface area contributed by atoms with Crippen LogP contribution in [0.1, 0.15) is 15.9 Å². The van der Waals surface area contributed by atoms with E-state index in [2.05, 4.69) is 25.4 Å². The van der Waals surface area contributed by atoms with Gasteiger partial charge in [0.15, 0.2) is 5.78 Å². The molecule has 0 spiro atoms. The Morgan fingerprint density at radius 3 is 2.40 bits per heavy atom. The minimum absolute atomic E-state index is 0.0581. The zero-order valence-corrected chi connectivity index (χ0v) is 15.3. The summed E-state index contributed by atoms with van der Waals surface area (Å²) in [5, 5.41) is 14.0. The maximum atomic E-state index is 13.1. The van der Waals surface area contributed by atoms with E-state index in [-0.39, 0.29) is 22.3 Å². The van der Waals surface area contributed by atoms with Crippen LogP contribution in [0.25, 0.3) is 16.5 Å². The minimum Gasteiger partial charge on any atom is -0.293 e. The Balaban J connectivity index is 2.17. The highest BCUT2D eigenvalue weighted by Gasteiger charge is 2.42. The van der Waals surface area contributed by atoms with E-state index in [1.54, 1.807) is 12.1 Å². The van der Waals surface area contributed by atoms with Crippen molar-refractivity contribution in [3.8, 4) is 0 Å². The number of non-ortho nitro benzene ring substituents is 1. The Labute approximate surface area is 146 Å². The molecule has 0 saturated carbocycles. The number of hydrogen-bond acceptors (Lipinski definition) is 3. The Hall–Kier alpha value is -2.75. The van der Waals surface area contributed by atoms with Crippen LogP contribution in [0.3, 0.4) is 0 Å². The monoisotopic (exact) mass is 347 g/mol. The average Bonchev–Trinajstić information content (AvgIpc) is 2.84. The van der Waals surface area contributed by atoms with Crippen LogP contribution >= 0.6 is 0 Å². The lowest BCUT2D eigenvalue weighted by Crippen LogP contribution is -2.42. The van der Waals surface area contributed by atoms with Gasteiger partial charge in [-0.1, -0.05) is 49.1 Å². The highest BCUT2D eigenvalue weighted by atomic mass is 28.3. The number of rotatable bonds is 2. The van der Waals surface area contributed by atoms with Gasteiger partial charge in [0.05, 0.1) is 18.9 Å². The van der Waals surface area contributed by atoms with E-state index in [1.165, 1.54) is 6.07 Å². The molecule has 0 saturated heterocycles. The van der Waals surface area contributed by atoms with Crippen molar-refractivity contribution in [3.05, 3.63) is 74.1 Å². The molecule has 4 rings (SSSR count). The van der Waals surface area contributed by atoms with Crippen molar-refractivity contribution in [2.24, 2.45) is 5.92 Å². The molecule has 1 atom stereocenters. The van der Waals surface area contributed by atoms with Crippen molar-refractivity contribution in [3.63, 3.8) is 0 Å². The van der Waals surface area contributed by atoms with Gasteiger partial charge in [-0.05, 0) is 16.8 Å². The lowest BCUT2D eigenvalue weighted by atomic mass is 9.93. The van der Waals surface area contributed by atoms with E-state index in [9.17, 15) is 14.9 Å². The van der Waals surface area contributed by atoms with Crippen molar-refractivity contribution < 1.29 is 9.72 Å². The van der Waals surface area contributed by atoms with E-state index >= 15 is 0 Å². The van der Waals surface area contributed by atoms with Crippen molar-refractivity contribution in [2.75, 3.05) is 0 Å². The standard InChI is InChI=1S/C20H17NO3Si/c1-25(2,3)20-16-11-13(21(23)24)9-8-12(16)10-17-14-6-4-5-7-15(14)19(22)18(17)20/h4-9,11,18H,1-3H3. The predicted molar refractivity (Wildman–Crippen MR) is 100 cm³/mol. The van der Waals surface area contributed by atoms with E-state index in [1.807, 2.05) is 24.3 Å². The molecule has 2 aliphatic rings. The first-order valence-corrected chi connectivity index (χ1v) is 11.7. The number of allylic oxidation sites excluding steroid dienone is 1. The number of fused-ring (bicyclic) bond motifs is 4. The van der Waals surface area contributed by atoms with Gasteiger partial charge in [0.2, 0.25) is 0 Å². The largest absolute Gasteiger partial charge is 0.293 e. The van der Waals surface area contributed by atoms with Gasteiger partial charge in [-0.3, -0.25) is 14.9 Å².